The predicted molar refractivity (Wildman–Crippen MR) is 102 cm³/mol. The number of rotatable bonds is 4. The first-order valence-electron chi connectivity index (χ1n) is 9.87. The fourth-order valence-electron chi connectivity index (χ4n) is 4.62. The first-order chi connectivity index (χ1) is 11.6. The van der Waals surface area contributed by atoms with Crippen LogP contribution in [0.15, 0.2) is 0 Å². The van der Waals surface area contributed by atoms with Crippen molar-refractivity contribution < 1.29 is 9.59 Å². The number of carbonyl (C=O) groups excluding carboxylic acids is 2. The zero-order valence-electron chi connectivity index (χ0n) is 15.5. The Morgan fingerprint density at radius 3 is 2.44 bits per heavy atom. The van der Waals surface area contributed by atoms with Gasteiger partial charge in [0.1, 0.15) is 0 Å². The monoisotopic (exact) mass is 371 g/mol. The molecule has 2 aliphatic heterocycles. The van der Waals surface area contributed by atoms with Crippen molar-refractivity contribution in [3.63, 3.8) is 0 Å². The van der Waals surface area contributed by atoms with Gasteiger partial charge in [0.05, 0.1) is 0 Å². The summed E-state index contributed by atoms with van der Waals surface area (Å²) in [5.74, 6) is 0.526. The normalized spacial score (nSPS) is 24.6. The van der Waals surface area contributed by atoms with E-state index in [1.807, 2.05) is 11.8 Å². The van der Waals surface area contributed by atoms with E-state index in [-0.39, 0.29) is 36.2 Å². The minimum Gasteiger partial charge on any atom is -0.353 e. The van der Waals surface area contributed by atoms with Crippen LogP contribution in [-0.4, -0.2) is 48.9 Å². The van der Waals surface area contributed by atoms with Crippen LogP contribution >= 0.6 is 12.4 Å². The molecule has 2 N–H and O–H groups in total. The lowest BCUT2D eigenvalue weighted by atomic mass is 9.78. The fourth-order valence-corrected chi connectivity index (χ4v) is 4.62. The highest BCUT2D eigenvalue weighted by molar-refractivity contribution is 5.85. The molecule has 1 unspecified atom stereocenters. The van der Waals surface area contributed by atoms with E-state index >= 15 is 0 Å². The summed E-state index contributed by atoms with van der Waals surface area (Å²) in [5, 5.41) is 6.53. The molecule has 2 saturated heterocycles. The summed E-state index contributed by atoms with van der Waals surface area (Å²) >= 11 is 0. The third-order valence-corrected chi connectivity index (χ3v) is 6.35. The SMILES string of the molecule is CC(CC(=O)N1CCC2(CCNC2)CC1)NC(=O)C1CCCCC1.Cl. The van der Waals surface area contributed by atoms with Crippen molar-refractivity contribution in [3.05, 3.63) is 0 Å². The zero-order valence-corrected chi connectivity index (χ0v) is 16.3. The Kier molecular flexibility index (Phi) is 7.56. The highest BCUT2D eigenvalue weighted by Crippen LogP contribution is 2.37. The van der Waals surface area contributed by atoms with Crippen molar-refractivity contribution in [3.8, 4) is 0 Å². The van der Waals surface area contributed by atoms with Gasteiger partial charge in [-0.3, -0.25) is 9.59 Å². The van der Waals surface area contributed by atoms with Crippen LogP contribution in [0, 0.1) is 11.3 Å². The Labute approximate surface area is 158 Å². The van der Waals surface area contributed by atoms with Gasteiger partial charge in [0.25, 0.3) is 0 Å². The van der Waals surface area contributed by atoms with E-state index in [9.17, 15) is 9.59 Å². The van der Waals surface area contributed by atoms with Gasteiger partial charge in [0.15, 0.2) is 0 Å². The average molecular weight is 372 g/mol. The van der Waals surface area contributed by atoms with Gasteiger partial charge < -0.3 is 15.5 Å². The molecule has 5 nitrogen and oxygen atoms in total. The first kappa shape index (κ1) is 20.5. The summed E-state index contributed by atoms with van der Waals surface area (Å²) in [4.78, 5) is 26.8. The summed E-state index contributed by atoms with van der Waals surface area (Å²) in [6, 6.07) is -0.0593. The number of hydrogen-bond acceptors (Lipinski definition) is 3. The Morgan fingerprint density at radius 2 is 1.84 bits per heavy atom. The largest absolute Gasteiger partial charge is 0.353 e. The molecule has 0 aromatic heterocycles. The number of nitrogens with one attached hydrogen (secondary N) is 2. The molecule has 1 aliphatic carbocycles. The van der Waals surface area contributed by atoms with Gasteiger partial charge in [-0.25, -0.2) is 0 Å². The predicted octanol–water partition coefficient (Wildman–Crippen LogP) is 2.49. The average Bonchev–Trinajstić information content (AvgIpc) is 3.04. The third-order valence-electron chi connectivity index (χ3n) is 6.35. The van der Waals surface area contributed by atoms with Gasteiger partial charge in [-0.1, -0.05) is 19.3 Å². The highest BCUT2D eigenvalue weighted by Gasteiger charge is 2.38. The summed E-state index contributed by atoms with van der Waals surface area (Å²) in [5.41, 5.74) is 0.442. The van der Waals surface area contributed by atoms with Gasteiger partial charge in [0.2, 0.25) is 11.8 Å². The molecule has 144 valence electrons. The Morgan fingerprint density at radius 1 is 1.16 bits per heavy atom. The van der Waals surface area contributed by atoms with E-state index in [0.717, 1.165) is 64.7 Å². The molecule has 3 aliphatic rings. The molecule has 25 heavy (non-hydrogen) atoms. The van der Waals surface area contributed by atoms with Crippen LogP contribution in [0.2, 0.25) is 0 Å². The van der Waals surface area contributed by atoms with Crippen LogP contribution in [0.1, 0.15) is 64.7 Å². The molecule has 6 heteroatoms. The maximum atomic E-state index is 12.5. The fraction of sp³-hybridized carbons (Fsp3) is 0.895. The standard InChI is InChI=1S/C19H33N3O2.ClH/c1-15(21-18(24)16-5-3-2-4-6-16)13-17(23)22-11-8-19(9-12-22)7-10-20-14-19;/h15-16,20H,2-14H2,1H3,(H,21,24);1H. The summed E-state index contributed by atoms with van der Waals surface area (Å²) in [6.07, 6.45) is 9.52. The van der Waals surface area contributed by atoms with Crippen molar-refractivity contribution in [2.24, 2.45) is 11.3 Å². The van der Waals surface area contributed by atoms with Crippen molar-refractivity contribution >= 4 is 24.2 Å². The Balaban J connectivity index is 0.00000225. The molecule has 2 heterocycles. The second-order valence-electron chi connectivity index (χ2n) is 8.26. The molecule has 2 amide bonds. The van der Waals surface area contributed by atoms with E-state index in [1.165, 1.54) is 12.8 Å². The number of carbonyl (C=O) groups is 2. The first-order valence-corrected chi connectivity index (χ1v) is 9.87. The number of hydrogen-bond donors (Lipinski definition) is 2. The minimum absolute atomic E-state index is 0. The van der Waals surface area contributed by atoms with Gasteiger partial charge >= 0.3 is 0 Å². The van der Waals surface area contributed by atoms with E-state index in [2.05, 4.69) is 10.6 Å². The number of likely N-dealkylation sites (tertiary alicyclic amines) is 1. The van der Waals surface area contributed by atoms with Crippen LogP contribution in [-0.2, 0) is 9.59 Å². The smallest absolute Gasteiger partial charge is 0.224 e. The van der Waals surface area contributed by atoms with Crippen LogP contribution in [0.5, 0.6) is 0 Å². The van der Waals surface area contributed by atoms with Gasteiger partial charge in [-0.15, -0.1) is 12.4 Å². The van der Waals surface area contributed by atoms with Crippen LogP contribution in [0.3, 0.4) is 0 Å². The number of halogens is 1. The molecule has 0 bridgehead atoms. The molecule has 3 rings (SSSR count). The van der Waals surface area contributed by atoms with Gasteiger partial charge in [-0.2, -0.15) is 0 Å². The molecule has 1 spiro atoms. The van der Waals surface area contributed by atoms with Crippen LogP contribution < -0.4 is 10.6 Å². The van der Waals surface area contributed by atoms with Crippen LogP contribution in [0.25, 0.3) is 0 Å². The van der Waals surface area contributed by atoms with Gasteiger partial charge in [-0.05, 0) is 51.0 Å². The number of piperidine rings is 1. The quantitative estimate of drug-likeness (QED) is 0.798. The number of amides is 2. The minimum atomic E-state index is -0.0593. The van der Waals surface area contributed by atoms with E-state index < -0.39 is 0 Å². The number of nitrogens with zero attached hydrogens (tertiary/aromatic N) is 1. The molecule has 1 atom stereocenters. The molecular formula is C19H34ClN3O2. The maximum absolute atomic E-state index is 12.5. The lowest BCUT2D eigenvalue weighted by molar-refractivity contribution is -0.134. The van der Waals surface area contributed by atoms with Gasteiger partial charge in [0, 0.05) is 38.0 Å². The second kappa shape index (κ2) is 9.22. The van der Waals surface area contributed by atoms with E-state index in [0.29, 0.717) is 11.8 Å². The second-order valence-corrected chi connectivity index (χ2v) is 8.26. The lowest BCUT2D eigenvalue weighted by Crippen LogP contribution is -2.46. The zero-order chi connectivity index (χ0) is 17.0. The summed E-state index contributed by atoms with van der Waals surface area (Å²) in [7, 11) is 0. The van der Waals surface area contributed by atoms with Crippen LogP contribution in [0.4, 0.5) is 0 Å². The van der Waals surface area contributed by atoms with Crippen molar-refractivity contribution in [1.82, 2.24) is 15.5 Å². The summed E-state index contributed by atoms with van der Waals surface area (Å²) in [6.45, 7) is 5.96. The molecule has 3 fully saturated rings. The Hall–Kier alpha value is -0.810. The maximum Gasteiger partial charge on any atom is 0.224 e. The molecular weight excluding hydrogens is 338 g/mol. The molecule has 1 saturated carbocycles. The third kappa shape index (κ3) is 5.33. The lowest BCUT2D eigenvalue weighted by Gasteiger charge is -2.39. The van der Waals surface area contributed by atoms with Crippen molar-refractivity contribution in [2.45, 2.75) is 70.8 Å². The molecule has 0 radical (unpaired) electrons. The van der Waals surface area contributed by atoms with Crippen molar-refractivity contribution in [1.29, 1.82) is 0 Å². The van der Waals surface area contributed by atoms with E-state index in [1.54, 1.807) is 0 Å². The summed E-state index contributed by atoms with van der Waals surface area (Å²) < 4.78 is 0. The van der Waals surface area contributed by atoms with Crippen molar-refractivity contribution in [2.75, 3.05) is 26.2 Å². The Bertz CT molecular complexity index is 450. The topological polar surface area (TPSA) is 61.4 Å². The highest BCUT2D eigenvalue weighted by atomic mass is 35.5. The van der Waals surface area contributed by atoms with E-state index in [4.69, 9.17) is 0 Å². The molecule has 0 aromatic carbocycles. The molecule has 0 aromatic rings.